The average molecular weight is 484 g/mol. The van der Waals surface area contributed by atoms with Gasteiger partial charge in [-0.25, -0.2) is 4.57 Å². The van der Waals surface area contributed by atoms with E-state index < -0.39 is 19.6 Å². The molecule has 0 aliphatic rings. The van der Waals surface area contributed by atoms with Crippen LogP contribution in [0.4, 0.5) is 0 Å². The van der Waals surface area contributed by atoms with Crippen LogP contribution in [0.1, 0.15) is 43.0 Å². The maximum absolute atomic E-state index is 12.4. The first-order valence-electron chi connectivity index (χ1n) is 10.3. The highest BCUT2D eigenvalue weighted by Crippen LogP contribution is 2.37. The van der Waals surface area contributed by atoms with Crippen LogP contribution in [-0.4, -0.2) is 21.6 Å². The Morgan fingerprint density at radius 3 is 2.18 bits per heavy atom. The zero-order valence-corrected chi connectivity index (χ0v) is 19.5. The Morgan fingerprint density at radius 2 is 1.59 bits per heavy atom. The summed E-state index contributed by atoms with van der Waals surface area (Å²) in [6.45, 7) is 4.40. The van der Waals surface area contributed by atoms with Gasteiger partial charge in [-0.3, -0.25) is 19.4 Å². The van der Waals surface area contributed by atoms with Gasteiger partial charge >= 0.3 is 7.82 Å². The van der Waals surface area contributed by atoms with Crippen molar-refractivity contribution in [2.24, 2.45) is 5.73 Å². The number of primary amides is 1. The number of rotatable bonds is 9. The zero-order valence-electron chi connectivity index (χ0n) is 18.6. The molecule has 0 radical (unpaired) electrons. The third-order valence-corrected chi connectivity index (χ3v) is 5.23. The molecule has 0 aromatic heterocycles. The Morgan fingerprint density at radius 1 is 0.941 bits per heavy atom. The minimum Gasteiger partial charge on any atom is -0.488 e. The van der Waals surface area contributed by atoms with Crippen molar-refractivity contribution in [2.45, 2.75) is 27.0 Å². The highest BCUT2D eigenvalue weighted by Gasteiger charge is 2.16. The van der Waals surface area contributed by atoms with Crippen molar-refractivity contribution in [2.75, 3.05) is 0 Å². The number of carbonyl (C=O) groups is 2. The highest BCUT2D eigenvalue weighted by atomic mass is 31.2. The van der Waals surface area contributed by atoms with Gasteiger partial charge in [0.1, 0.15) is 18.1 Å². The van der Waals surface area contributed by atoms with Gasteiger partial charge in [0.2, 0.25) is 0 Å². The van der Waals surface area contributed by atoms with E-state index in [0.29, 0.717) is 11.3 Å². The molecule has 2 amide bonds. The minimum atomic E-state index is -4.67. The van der Waals surface area contributed by atoms with E-state index >= 15 is 0 Å². The van der Waals surface area contributed by atoms with Crippen LogP contribution >= 0.6 is 7.82 Å². The van der Waals surface area contributed by atoms with Crippen LogP contribution in [0.3, 0.4) is 0 Å². The van der Waals surface area contributed by atoms with Crippen molar-refractivity contribution in [3.63, 3.8) is 0 Å². The number of aryl methyl sites for hydroxylation is 2. The fraction of sp³-hybridized carbons (Fsp3) is 0.167. The summed E-state index contributed by atoms with van der Waals surface area (Å²) in [5.74, 6) is -0.780. The normalized spacial score (nSPS) is 11.1. The van der Waals surface area contributed by atoms with Gasteiger partial charge in [0.15, 0.2) is 0 Å². The second kappa shape index (κ2) is 10.5. The van der Waals surface area contributed by atoms with Crippen molar-refractivity contribution in [1.29, 1.82) is 0 Å². The fourth-order valence-corrected chi connectivity index (χ4v) is 3.80. The van der Waals surface area contributed by atoms with Crippen LogP contribution in [-0.2, 0) is 17.7 Å². The Bertz CT molecular complexity index is 1230. The maximum Gasteiger partial charge on any atom is 0.524 e. The van der Waals surface area contributed by atoms with Crippen LogP contribution in [0.2, 0.25) is 0 Å². The van der Waals surface area contributed by atoms with E-state index in [9.17, 15) is 14.2 Å². The van der Waals surface area contributed by atoms with Crippen LogP contribution in [0.5, 0.6) is 11.5 Å². The van der Waals surface area contributed by atoms with E-state index in [1.165, 1.54) is 24.3 Å². The monoisotopic (exact) mass is 484 g/mol. The molecule has 34 heavy (non-hydrogen) atoms. The third-order valence-electron chi connectivity index (χ3n) is 4.78. The summed E-state index contributed by atoms with van der Waals surface area (Å²) >= 11 is 0. The number of nitrogens with one attached hydrogen (secondary N) is 1. The summed E-state index contributed by atoms with van der Waals surface area (Å²) in [7, 11) is -4.67. The first kappa shape index (κ1) is 25.0. The highest BCUT2D eigenvalue weighted by molar-refractivity contribution is 7.46. The lowest BCUT2D eigenvalue weighted by Gasteiger charge is -2.13. The summed E-state index contributed by atoms with van der Waals surface area (Å²) in [6, 6.07) is 16.3. The standard InChI is InChI=1S/C24H25N2O7P/c1-15-9-16(2)11-18(10-15)14-32-22-8-3-17(12-21(22)23(25)27)13-26-24(28)19-4-6-20(7-5-19)33-34(29,30)31/h3-12H,13-14H2,1-2H3,(H2,25,27)(H,26,28)(H2,29,30,31). The Kier molecular flexibility index (Phi) is 7.73. The molecule has 0 aliphatic carbocycles. The lowest BCUT2D eigenvalue weighted by atomic mass is 10.1. The summed E-state index contributed by atoms with van der Waals surface area (Å²) in [4.78, 5) is 42.0. The predicted octanol–water partition coefficient (Wildman–Crippen LogP) is 3.38. The summed E-state index contributed by atoms with van der Waals surface area (Å²) in [5.41, 5.74) is 9.84. The second-order valence-electron chi connectivity index (χ2n) is 7.77. The van der Waals surface area contributed by atoms with Gasteiger partial charge in [-0.15, -0.1) is 0 Å². The molecule has 0 saturated heterocycles. The molecule has 10 heteroatoms. The molecule has 0 saturated carbocycles. The number of hydrogen-bond acceptors (Lipinski definition) is 5. The maximum atomic E-state index is 12.4. The van der Waals surface area contributed by atoms with Crippen LogP contribution < -0.4 is 20.3 Å². The van der Waals surface area contributed by atoms with E-state index in [2.05, 4.69) is 15.9 Å². The number of ether oxygens (including phenoxy) is 1. The van der Waals surface area contributed by atoms with Gasteiger partial charge in [0.05, 0.1) is 5.56 Å². The average Bonchev–Trinajstić information content (AvgIpc) is 2.75. The van der Waals surface area contributed by atoms with E-state index in [0.717, 1.165) is 16.7 Å². The molecule has 3 aromatic carbocycles. The van der Waals surface area contributed by atoms with Crippen molar-refractivity contribution in [1.82, 2.24) is 5.32 Å². The number of hydrogen-bond donors (Lipinski definition) is 4. The molecular weight excluding hydrogens is 459 g/mol. The molecule has 0 aliphatic heterocycles. The molecule has 0 bridgehead atoms. The molecular formula is C24H25N2O7P. The van der Waals surface area contributed by atoms with Crippen LogP contribution in [0.15, 0.2) is 60.7 Å². The summed E-state index contributed by atoms with van der Waals surface area (Å²) in [5, 5.41) is 2.71. The molecule has 178 valence electrons. The smallest absolute Gasteiger partial charge is 0.488 e. The van der Waals surface area contributed by atoms with E-state index in [1.807, 2.05) is 26.0 Å². The topological polar surface area (TPSA) is 148 Å². The van der Waals surface area contributed by atoms with Crippen molar-refractivity contribution in [3.8, 4) is 11.5 Å². The lowest BCUT2D eigenvalue weighted by molar-refractivity contribution is 0.0950. The van der Waals surface area contributed by atoms with Gasteiger partial charge in [0, 0.05) is 12.1 Å². The van der Waals surface area contributed by atoms with Crippen molar-refractivity contribution < 1.29 is 33.2 Å². The SMILES string of the molecule is Cc1cc(C)cc(COc2ccc(CNC(=O)c3ccc(OP(=O)(O)O)cc3)cc2C(N)=O)c1. The quantitative estimate of drug-likeness (QED) is 0.340. The predicted molar refractivity (Wildman–Crippen MR) is 125 cm³/mol. The molecule has 0 unspecified atom stereocenters. The van der Waals surface area contributed by atoms with Gasteiger partial charge < -0.3 is 20.3 Å². The molecule has 0 heterocycles. The van der Waals surface area contributed by atoms with Crippen molar-refractivity contribution >= 4 is 19.6 Å². The molecule has 3 aromatic rings. The Balaban J connectivity index is 1.65. The summed E-state index contributed by atoms with van der Waals surface area (Å²) in [6.07, 6.45) is 0. The Hall–Kier alpha value is -3.65. The summed E-state index contributed by atoms with van der Waals surface area (Å²) < 4.78 is 21.2. The number of phosphoric ester groups is 1. The zero-order chi connectivity index (χ0) is 24.9. The van der Waals surface area contributed by atoms with Crippen molar-refractivity contribution in [3.05, 3.63) is 94.0 Å². The largest absolute Gasteiger partial charge is 0.524 e. The van der Waals surface area contributed by atoms with Crippen LogP contribution in [0.25, 0.3) is 0 Å². The van der Waals surface area contributed by atoms with Gasteiger partial charge in [-0.2, -0.15) is 0 Å². The molecule has 3 rings (SSSR count). The second-order valence-corrected chi connectivity index (χ2v) is 8.93. The molecule has 0 atom stereocenters. The first-order chi connectivity index (χ1) is 16.0. The van der Waals surface area contributed by atoms with Gasteiger partial charge in [0.25, 0.3) is 11.8 Å². The molecule has 0 spiro atoms. The third kappa shape index (κ3) is 7.18. The lowest BCUT2D eigenvalue weighted by Crippen LogP contribution is -2.23. The number of nitrogens with two attached hydrogens (primary N) is 1. The number of phosphoric acid groups is 1. The van der Waals surface area contributed by atoms with E-state index in [-0.39, 0.29) is 30.0 Å². The number of carbonyl (C=O) groups excluding carboxylic acids is 2. The number of benzene rings is 3. The van der Waals surface area contributed by atoms with Gasteiger partial charge in [-0.1, -0.05) is 35.4 Å². The molecule has 9 nitrogen and oxygen atoms in total. The first-order valence-corrected chi connectivity index (χ1v) is 11.8. The molecule has 0 fully saturated rings. The molecule has 5 N–H and O–H groups in total. The van der Waals surface area contributed by atoms with E-state index in [4.69, 9.17) is 20.3 Å². The number of amides is 2. The Labute approximate surface area is 196 Å². The van der Waals surface area contributed by atoms with Crippen LogP contribution in [0, 0.1) is 13.8 Å². The fourth-order valence-electron chi connectivity index (χ4n) is 3.41. The van der Waals surface area contributed by atoms with Gasteiger partial charge in [-0.05, 0) is 61.4 Å². The minimum absolute atomic E-state index is 0.0626. The van der Waals surface area contributed by atoms with E-state index in [1.54, 1.807) is 18.2 Å².